The molecule has 6 heteroatoms. The molecule has 5 nitrogen and oxygen atoms in total. The number of fused-ring (bicyclic) bond motifs is 1. The van der Waals surface area contributed by atoms with E-state index in [0.717, 1.165) is 23.1 Å². The van der Waals surface area contributed by atoms with Crippen molar-refractivity contribution >= 4 is 17.4 Å². The van der Waals surface area contributed by atoms with Crippen LogP contribution in [0.3, 0.4) is 0 Å². The molecule has 0 radical (unpaired) electrons. The molecule has 0 bridgehead atoms. The Bertz CT molecular complexity index is 1020. The molecule has 1 amide bonds. The fraction of sp³-hybridized carbons (Fsp3) is 0.143. The zero-order chi connectivity index (χ0) is 18.8. The summed E-state index contributed by atoms with van der Waals surface area (Å²) in [5.41, 5.74) is 4.05. The second-order valence-corrected chi connectivity index (χ2v) is 6.22. The number of anilines is 2. The van der Waals surface area contributed by atoms with Gasteiger partial charge < -0.3 is 15.4 Å². The Morgan fingerprint density at radius 3 is 2.85 bits per heavy atom. The van der Waals surface area contributed by atoms with Crippen LogP contribution >= 0.6 is 0 Å². The van der Waals surface area contributed by atoms with Crippen LogP contribution in [0.2, 0.25) is 0 Å². The lowest BCUT2D eigenvalue weighted by Crippen LogP contribution is -2.17. The molecule has 0 spiro atoms. The van der Waals surface area contributed by atoms with Crippen LogP contribution in [-0.4, -0.2) is 24.5 Å². The van der Waals surface area contributed by atoms with Crippen LogP contribution in [0.25, 0.3) is 11.1 Å². The summed E-state index contributed by atoms with van der Waals surface area (Å²) in [5.74, 6) is 0.767. The number of pyridine rings is 1. The topological polar surface area (TPSA) is 63.2 Å². The van der Waals surface area contributed by atoms with Crippen LogP contribution in [0.15, 0.2) is 54.7 Å². The number of aromatic nitrogens is 1. The summed E-state index contributed by atoms with van der Waals surface area (Å²) in [6.07, 6.45) is 2.51. The largest absolute Gasteiger partial charge is 0.489 e. The summed E-state index contributed by atoms with van der Waals surface area (Å²) in [7, 11) is 1.61. The molecule has 2 N–H and O–H groups in total. The number of rotatable bonds is 4. The Labute approximate surface area is 156 Å². The molecule has 0 unspecified atom stereocenters. The van der Waals surface area contributed by atoms with Crippen LogP contribution < -0.4 is 15.4 Å². The summed E-state index contributed by atoms with van der Waals surface area (Å²) < 4.78 is 19.2. The Kier molecular flexibility index (Phi) is 4.46. The first-order chi connectivity index (χ1) is 13.2. The van der Waals surface area contributed by atoms with Crippen LogP contribution in [0, 0.1) is 5.82 Å². The van der Waals surface area contributed by atoms with Crippen molar-refractivity contribution in [3.63, 3.8) is 0 Å². The van der Waals surface area contributed by atoms with Gasteiger partial charge in [-0.25, -0.2) is 9.37 Å². The minimum atomic E-state index is -0.319. The third kappa shape index (κ3) is 3.33. The van der Waals surface area contributed by atoms with Gasteiger partial charge in [0.15, 0.2) is 11.6 Å². The van der Waals surface area contributed by atoms with Gasteiger partial charge in [0.05, 0.1) is 6.61 Å². The Balaban J connectivity index is 1.73. The number of nitrogens with zero attached hydrogens (tertiary/aromatic N) is 1. The molecule has 27 heavy (non-hydrogen) atoms. The maximum atomic E-state index is 13.4. The first-order valence-corrected chi connectivity index (χ1v) is 8.65. The lowest BCUT2D eigenvalue weighted by Gasteiger charge is -2.13. The maximum absolute atomic E-state index is 13.4. The molecule has 0 atom stereocenters. The lowest BCUT2D eigenvalue weighted by atomic mass is 9.98. The molecule has 3 aromatic rings. The zero-order valence-corrected chi connectivity index (χ0v) is 14.8. The number of halogens is 1. The molecule has 4 rings (SSSR count). The predicted molar refractivity (Wildman–Crippen MR) is 102 cm³/mol. The van der Waals surface area contributed by atoms with Gasteiger partial charge in [-0.1, -0.05) is 18.2 Å². The number of hydrogen-bond acceptors (Lipinski definition) is 4. The molecule has 0 saturated carbocycles. The highest BCUT2D eigenvalue weighted by molar-refractivity contribution is 5.95. The smallest absolute Gasteiger partial charge is 0.251 e. The summed E-state index contributed by atoms with van der Waals surface area (Å²) in [5, 5.41) is 5.76. The fourth-order valence-electron chi connectivity index (χ4n) is 3.20. The van der Waals surface area contributed by atoms with Crippen LogP contribution in [0.5, 0.6) is 5.75 Å². The van der Waals surface area contributed by atoms with Gasteiger partial charge in [-0.05, 0) is 35.9 Å². The highest BCUT2D eigenvalue weighted by Gasteiger charge is 2.23. The summed E-state index contributed by atoms with van der Waals surface area (Å²) in [4.78, 5) is 16.4. The van der Waals surface area contributed by atoms with Gasteiger partial charge in [-0.3, -0.25) is 4.79 Å². The average Bonchev–Trinajstić information content (AvgIpc) is 3.18. The quantitative estimate of drug-likeness (QED) is 0.737. The van der Waals surface area contributed by atoms with Crippen molar-refractivity contribution in [2.75, 3.05) is 19.0 Å². The molecule has 1 aliphatic heterocycles. The normalized spacial score (nSPS) is 12.2. The van der Waals surface area contributed by atoms with Crippen molar-refractivity contribution in [2.45, 2.75) is 6.42 Å². The van der Waals surface area contributed by atoms with E-state index in [0.29, 0.717) is 29.4 Å². The zero-order valence-electron chi connectivity index (χ0n) is 14.8. The van der Waals surface area contributed by atoms with E-state index in [2.05, 4.69) is 15.6 Å². The monoisotopic (exact) mass is 363 g/mol. The highest BCUT2D eigenvalue weighted by Crippen LogP contribution is 2.40. The summed E-state index contributed by atoms with van der Waals surface area (Å²) >= 11 is 0. The fourth-order valence-corrected chi connectivity index (χ4v) is 3.20. The summed E-state index contributed by atoms with van der Waals surface area (Å²) in [6, 6.07) is 13.6. The van der Waals surface area contributed by atoms with Gasteiger partial charge in [0.2, 0.25) is 0 Å². The molecule has 0 fully saturated rings. The summed E-state index contributed by atoms with van der Waals surface area (Å²) in [6.45, 7) is 0.557. The number of amides is 1. The first kappa shape index (κ1) is 17.0. The van der Waals surface area contributed by atoms with Crippen molar-refractivity contribution in [1.29, 1.82) is 0 Å². The Morgan fingerprint density at radius 1 is 1.19 bits per heavy atom. The molecular weight excluding hydrogens is 345 g/mol. The van der Waals surface area contributed by atoms with Gasteiger partial charge in [-0.2, -0.15) is 0 Å². The molecule has 0 aliphatic carbocycles. The van der Waals surface area contributed by atoms with Crippen molar-refractivity contribution in [2.24, 2.45) is 0 Å². The van der Waals surface area contributed by atoms with Crippen molar-refractivity contribution < 1.29 is 13.9 Å². The average molecular weight is 363 g/mol. The van der Waals surface area contributed by atoms with Gasteiger partial charge in [0.1, 0.15) is 5.82 Å². The van der Waals surface area contributed by atoms with E-state index in [1.807, 2.05) is 18.2 Å². The second-order valence-electron chi connectivity index (χ2n) is 6.22. The van der Waals surface area contributed by atoms with Gasteiger partial charge >= 0.3 is 0 Å². The second kappa shape index (κ2) is 7.07. The van der Waals surface area contributed by atoms with E-state index in [1.165, 1.54) is 12.1 Å². The predicted octanol–water partition coefficient (Wildman–Crippen LogP) is 3.93. The Morgan fingerprint density at radius 2 is 2.04 bits per heavy atom. The van der Waals surface area contributed by atoms with Crippen molar-refractivity contribution in [1.82, 2.24) is 10.3 Å². The van der Waals surface area contributed by atoms with E-state index in [4.69, 9.17) is 4.74 Å². The molecule has 0 saturated heterocycles. The maximum Gasteiger partial charge on any atom is 0.251 e. The SMILES string of the molecule is CNC(=O)c1cccc(-c2cnc(Nc3cccc(F)c3)c3c2CCO3)c1. The molecule has 2 heterocycles. The first-order valence-electron chi connectivity index (χ1n) is 8.65. The molecule has 2 aromatic carbocycles. The third-order valence-corrected chi connectivity index (χ3v) is 4.49. The minimum Gasteiger partial charge on any atom is -0.489 e. The molecule has 1 aliphatic rings. The number of ether oxygens (including phenoxy) is 1. The van der Waals surface area contributed by atoms with Gasteiger partial charge in [0, 0.05) is 42.0 Å². The van der Waals surface area contributed by atoms with E-state index in [-0.39, 0.29) is 11.7 Å². The molecule has 1 aromatic heterocycles. The number of carbonyl (C=O) groups is 1. The van der Waals surface area contributed by atoms with Crippen LogP contribution in [0.4, 0.5) is 15.9 Å². The van der Waals surface area contributed by atoms with Gasteiger partial charge in [-0.15, -0.1) is 0 Å². The highest BCUT2D eigenvalue weighted by atomic mass is 19.1. The number of nitrogens with one attached hydrogen (secondary N) is 2. The van der Waals surface area contributed by atoms with Gasteiger partial charge in [0.25, 0.3) is 5.91 Å². The number of benzene rings is 2. The van der Waals surface area contributed by atoms with Crippen LogP contribution in [0.1, 0.15) is 15.9 Å². The number of carbonyl (C=O) groups excluding carboxylic acids is 1. The van der Waals surface area contributed by atoms with Crippen molar-refractivity contribution in [3.05, 3.63) is 71.7 Å². The van der Waals surface area contributed by atoms with Crippen LogP contribution in [-0.2, 0) is 6.42 Å². The van der Waals surface area contributed by atoms with E-state index in [1.54, 1.807) is 31.4 Å². The van der Waals surface area contributed by atoms with E-state index < -0.39 is 0 Å². The molecular formula is C21H18FN3O2. The van der Waals surface area contributed by atoms with Crippen molar-refractivity contribution in [3.8, 4) is 16.9 Å². The van der Waals surface area contributed by atoms with E-state index in [9.17, 15) is 9.18 Å². The minimum absolute atomic E-state index is 0.137. The number of hydrogen-bond donors (Lipinski definition) is 2. The molecule has 136 valence electrons. The third-order valence-electron chi connectivity index (χ3n) is 4.49. The van der Waals surface area contributed by atoms with E-state index >= 15 is 0 Å². The standard InChI is InChI=1S/C21H18FN3O2/c1-23-21(26)14-5-2-4-13(10-14)18-12-24-20(19-17(18)8-9-27-19)25-16-7-3-6-15(22)11-16/h2-7,10-12H,8-9H2,1H3,(H,23,26)(H,24,25). The Hall–Kier alpha value is -3.41. The lowest BCUT2D eigenvalue weighted by molar-refractivity contribution is 0.0963.